The maximum absolute atomic E-state index is 12.6. The van der Waals surface area contributed by atoms with Gasteiger partial charge in [0.1, 0.15) is 0 Å². The van der Waals surface area contributed by atoms with Crippen LogP contribution in [0.4, 0.5) is 0 Å². The summed E-state index contributed by atoms with van der Waals surface area (Å²) < 4.78 is 12.5. The summed E-state index contributed by atoms with van der Waals surface area (Å²) in [5.74, 6) is 2.22. The number of ether oxygens (including phenoxy) is 2. The molecular formula is C21H23N3O3S. The summed E-state index contributed by atoms with van der Waals surface area (Å²) in [7, 11) is 3.12. The van der Waals surface area contributed by atoms with Crippen molar-refractivity contribution in [2.45, 2.75) is 25.5 Å². The minimum Gasteiger partial charge on any atom is -0.493 e. The molecule has 1 aromatic heterocycles. The Balaban J connectivity index is 1.78. The van der Waals surface area contributed by atoms with Crippen molar-refractivity contribution in [3.8, 4) is 22.9 Å². The number of hydrogen-bond acceptors (Lipinski definition) is 6. The highest BCUT2D eigenvalue weighted by atomic mass is 32.2. The number of carbonyl (C=O) groups excluding carboxylic acids is 1. The summed E-state index contributed by atoms with van der Waals surface area (Å²) in [6, 6.07) is 13.3. The molecule has 7 heteroatoms. The molecule has 0 saturated heterocycles. The predicted molar refractivity (Wildman–Crippen MR) is 110 cm³/mol. The fraction of sp³-hybridized carbons (Fsp3) is 0.286. The number of methoxy groups -OCH3 is 2. The molecule has 0 aliphatic heterocycles. The Kier molecular flexibility index (Phi) is 6.36. The number of Topliss-reactive ketones (excluding diaryl/α,β-unsaturated/α-hetero) is 1. The summed E-state index contributed by atoms with van der Waals surface area (Å²) in [6.45, 7) is 4.83. The second-order valence-electron chi connectivity index (χ2n) is 6.15. The van der Waals surface area contributed by atoms with Gasteiger partial charge in [-0.05, 0) is 37.6 Å². The lowest BCUT2D eigenvalue weighted by Gasteiger charge is -2.10. The summed E-state index contributed by atoms with van der Waals surface area (Å²) in [6.07, 6.45) is 0. The molecule has 0 saturated carbocycles. The molecule has 2 aromatic carbocycles. The average Bonchev–Trinajstić information content (AvgIpc) is 3.14. The molecule has 0 aliphatic carbocycles. The van der Waals surface area contributed by atoms with E-state index in [4.69, 9.17) is 9.47 Å². The summed E-state index contributed by atoms with van der Waals surface area (Å²) in [4.78, 5) is 12.6. The Hall–Kier alpha value is -2.80. The highest BCUT2D eigenvalue weighted by molar-refractivity contribution is 7.99. The smallest absolute Gasteiger partial charge is 0.191 e. The topological polar surface area (TPSA) is 66.2 Å². The molecule has 0 N–H and O–H groups in total. The summed E-state index contributed by atoms with van der Waals surface area (Å²) in [5.41, 5.74) is 2.77. The zero-order chi connectivity index (χ0) is 20.1. The number of aryl methyl sites for hydroxylation is 1. The molecule has 0 atom stereocenters. The van der Waals surface area contributed by atoms with Crippen LogP contribution in [-0.2, 0) is 6.54 Å². The number of ketones is 1. The minimum absolute atomic E-state index is 0.00551. The van der Waals surface area contributed by atoms with E-state index in [0.717, 1.165) is 28.7 Å². The molecule has 0 unspecified atom stereocenters. The molecule has 28 heavy (non-hydrogen) atoms. The molecule has 0 aliphatic rings. The second-order valence-corrected chi connectivity index (χ2v) is 7.09. The number of nitrogens with zero attached hydrogens (tertiary/aromatic N) is 3. The molecule has 0 bridgehead atoms. The Morgan fingerprint density at radius 3 is 2.50 bits per heavy atom. The van der Waals surface area contributed by atoms with E-state index >= 15 is 0 Å². The van der Waals surface area contributed by atoms with Crippen LogP contribution in [0.15, 0.2) is 47.6 Å². The zero-order valence-electron chi connectivity index (χ0n) is 16.4. The number of thioether (sulfide) groups is 1. The van der Waals surface area contributed by atoms with Crippen LogP contribution in [0.25, 0.3) is 11.4 Å². The fourth-order valence-electron chi connectivity index (χ4n) is 2.93. The van der Waals surface area contributed by atoms with Gasteiger partial charge in [-0.2, -0.15) is 0 Å². The van der Waals surface area contributed by atoms with Gasteiger partial charge in [-0.15, -0.1) is 10.2 Å². The normalized spacial score (nSPS) is 10.7. The van der Waals surface area contributed by atoms with Gasteiger partial charge >= 0.3 is 0 Å². The Morgan fingerprint density at radius 1 is 1.07 bits per heavy atom. The van der Waals surface area contributed by atoms with Gasteiger partial charge in [0.15, 0.2) is 28.3 Å². The molecular weight excluding hydrogens is 374 g/mol. The van der Waals surface area contributed by atoms with E-state index in [0.29, 0.717) is 17.1 Å². The van der Waals surface area contributed by atoms with Crippen molar-refractivity contribution >= 4 is 17.5 Å². The van der Waals surface area contributed by atoms with Gasteiger partial charge in [0, 0.05) is 17.7 Å². The largest absolute Gasteiger partial charge is 0.493 e. The highest BCUT2D eigenvalue weighted by Crippen LogP contribution is 2.29. The average molecular weight is 398 g/mol. The second kappa shape index (κ2) is 8.93. The van der Waals surface area contributed by atoms with Crippen molar-refractivity contribution < 1.29 is 14.3 Å². The van der Waals surface area contributed by atoms with Crippen LogP contribution in [-0.4, -0.2) is 40.5 Å². The van der Waals surface area contributed by atoms with Crippen molar-refractivity contribution in [1.82, 2.24) is 14.8 Å². The molecule has 0 spiro atoms. The Labute approximate surface area is 168 Å². The lowest BCUT2D eigenvalue weighted by Crippen LogP contribution is -2.06. The molecule has 0 amide bonds. The van der Waals surface area contributed by atoms with Crippen molar-refractivity contribution in [3.63, 3.8) is 0 Å². The van der Waals surface area contributed by atoms with E-state index < -0.39 is 0 Å². The first-order valence-electron chi connectivity index (χ1n) is 8.96. The number of benzene rings is 2. The van der Waals surface area contributed by atoms with E-state index in [1.54, 1.807) is 32.4 Å². The van der Waals surface area contributed by atoms with Crippen molar-refractivity contribution in [1.29, 1.82) is 0 Å². The number of rotatable bonds is 8. The van der Waals surface area contributed by atoms with E-state index in [1.807, 2.05) is 29.7 Å². The van der Waals surface area contributed by atoms with Gasteiger partial charge in [-0.1, -0.05) is 36.0 Å². The van der Waals surface area contributed by atoms with Gasteiger partial charge in [-0.3, -0.25) is 4.79 Å². The van der Waals surface area contributed by atoms with Gasteiger partial charge in [0.05, 0.1) is 20.0 Å². The van der Waals surface area contributed by atoms with Gasteiger partial charge in [-0.25, -0.2) is 0 Å². The van der Waals surface area contributed by atoms with Gasteiger partial charge < -0.3 is 14.0 Å². The Bertz CT molecular complexity index is 985. The fourth-order valence-corrected chi connectivity index (χ4v) is 3.82. The van der Waals surface area contributed by atoms with Crippen molar-refractivity contribution in [2.75, 3.05) is 20.0 Å². The van der Waals surface area contributed by atoms with Crippen LogP contribution in [0.1, 0.15) is 22.8 Å². The number of aromatic nitrogens is 3. The molecule has 3 aromatic rings. The van der Waals surface area contributed by atoms with Crippen LogP contribution in [0.5, 0.6) is 11.5 Å². The van der Waals surface area contributed by atoms with E-state index in [1.165, 1.54) is 11.8 Å². The van der Waals surface area contributed by atoms with E-state index in [-0.39, 0.29) is 11.5 Å². The first-order valence-corrected chi connectivity index (χ1v) is 9.94. The predicted octanol–water partition coefficient (Wildman–Crippen LogP) is 4.27. The van der Waals surface area contributed by atoms with Crippen molar-refractivity contribution in [2.24, 2.45) is 0 Å². The minimum atomic E-state index is -0.00551. The standard InChI is InChI=1S/C21H23N3O3S/c1-5-24-20(16-9-7-6-8-14(16)2)22-23-21(24)28-13-17(25)15-10-11-18(26-3)19(12-15)27-4/h6-12H,5,13H2,1-4H3. The summed E-state index contributed by atoms with van der Waals surface area (Å²) >= 11 is 1.39. The van der Waals surface area contributed by atoms with E-state index in [2.05, 4.69) is 23.2 Å². The lowest BCUT2D eigenvalue weighted by atomic mass is 10.1. The van der Waals surface area contributed by atoms with E-state index in [9.17, 15) is 4.79 Å². The maximum Gasteiger partial charge on any atom is 0.191 e. The molecule has 0 fully saturated rings. The van der Waals surface area contributed by atoms with Crippen LogP contribution in [0.3, 0.4) is 0 Å². The zero-order valence-corrected chi connectivity index (χ0v) is 17.2. The highest BCUT2D eigenvalue weighted by Gasteiger charge is 2.17. The summed E-state index contributed by atoms with van der Waals surface area (Å²) in [5, 5.41) is 9.40. The van der Waals surface area contributed by atoms with Crippen LogP contribution < -0.4 is 9.47 Å². The van der Waals surface area contributed by atoms with Crippen LogP contribution >= 0.6 is 11.8 Å². The monoisotopic (exact) mass is 397 g/mol. The first-order chi connectivity index (χ1) is 13.6. The molecule has 3 rings (SSSR count). The number of carbonyl (C=O) groups is 1. The van der Waals surface area contributed by atoms with Crippen LogP contribution in [0.2, 0.25) is 0 Å². The third-order valence-corrected chi connectivity index (χ3v) is 5.42. The molecule has 0 radical (unpaired) electrons. The Morgan fingerprint density at radius 2 is 1.82 bits per heavy atom. The maximum atomic E-state index is 12.6. The molecule has 6 nitrogen and oxygen atoms in total. The van der Waals surface area contributed by atoms with Crippen LogP contribution in [0, 0.1) is 6.92 Å². The third-order valence-electron chi connectivity index (χ3n) is 4.46. The van der Waals surface area contributed by atoms with Gasteiger partial charge in [0.2, 0.25) is 0 Å². The first kappa shape index (κ1) is 19.9. The molecule has 1 heterocycles. The van der Waals surface area contributed by atoms with Gasteiger partial charge in [0.25, 0.3) is 0 Å². The molecule has 146 valence electrons. The lowest BCUT2D eigenvalue weighted by molar-refractivity contribution is 0.102. The van der Waals surface area contributed by atoms with Crippen molar-refractivity contribution in [3.05, 3.63) is 53.6 Å². The number of hydrogen-bond donors (Lipinski definition) is 0. The quantitative estimate of drug-likeness (QED) is 0.418. The SMILES string of the molecule is CCn1c(SCC(=O)c2ccc(OC)c(OC)c2)nnc1-c1ccccc1C. The third kappa shape index (κ3) is 4.04.